The Kier molecular flexibility index (Phi) is 4.72. The Morgan fingerprint density at radius 2 is 2.17 bits per heavy atom. The fourth-order valence-corrected chi connectivity index (χ4v) is 2.80. The Bertz CT molecular complexity index is 346. The second-order valence-electron chi connectivity index (χ2n) is 5.30. The van der Waals surface area contributed by atoms with E-state index in [-0.39, 0.29) is 0 Å². The molecule has 1 aromatic heterocycles. The van der Waals surface area contributed by atoms with Crippen LogP contribution < -0.4 is 5.32 Å². The standard InChI is InChI=1S/C15H25N3/c1-3-15(4-2)13-18(11-7-10-17-15)12-14-8-5-6-9-16-14/h5-6,8-9,17H,3-4,7,10-13H2,1-2H3. The van der Waals surface area contributed by atoms with Gasteiger partial charge in [-0.1, -0.05) is 19.9 Å². The molecule has 0 aliphatic carbocycles. The summed E-state index contributed by atoms with van der Waals surface area (Å²) in [5, 5.41) is 3.75. The second kappa shape index (κ2) is 6.30. The summed E-state index contributed by atoms with van der Waals surface area (Å²) >= 11 is 0. The zero-order chi connectivity index (χ0) is 12.8. The Labute approximate surface area is 111 Å². The Balaban J connectivity index is 2.03. The van der Waals surface area contributed by atoms with Crippen LogP contribution in [0, 0.1) is 0 Å². The van der Waals surface area contributed by atoms with Gasteiger partial charge >= 0.3 is 0 Å². The zero-order valence-electron chi connectivity index (χ0n) is 11.7. The van der Waals surface area contributed by atoms with Crippen molar-refractivity contribution in [2.75, 3.05) is 19.6 Å². The summed E-state index contributed by atoms with van der Waals surface area (Å²) in [6, 6.07) is 6.18. The summed E-state index contributed by atoms with van der Waals surface area (Å²) in [6.07, 6.45) is 5.51. The quantitative estimate of drug-likeness (QED) is 0.886. The van der Waals surface area contributed by atoms with Crippen molar-refractivity contribution in [2.24, 2.45) is 0 Å². The first-order valence-electron chi connectivity index (χ1n) is 7.15. The van der Waals surface area contributed by atoms with Gasteiger partial charge in [-0.3, -0.25) is 9.88 Å². The van der Waals surface area contributed by atoms with Gasteiger partial charge in [0.25, 0.3) is 0 Å². The number of nitrogens with one attached hydrogen (secondary N) is 1. The Hall–Kier alpha value is -0.930. The molecule has 0 unspecified atom stereocenters. The third-order valence-corrected chi connectivity index (χ3v) is 4.14. The molecule has 2 rings (SSSR count). The molecule has 18 heavy (non-hydrogen) atoms. The van der Waals surface area contributed by atoms with Gasteiger partial charge in [0.05, 0.1) is 5.69 Å². The number of aromatic nitrogens is 1. The van der Waals surface area contributed by atoms with Crippen LogP contribution in [0.3, 0.4) is 0 Å². The highest BCUT2D eigenvalue weighted by atomic mass is 15.2. The minimum Gasteiger partial charge on any atom is -0.310 e. The van der Waals surface area contributed by atoms with E-state index in [9.17, 15) is 0 Å². The van der Waals surface area contributed by atoms with Crippen molar-refractivity contribution in [3.63, 3.8) is 0 Å². The third kappa shape index (κ3) is 3.30. The summed E-state index contributed by atoms with van der Waals surface area (Å²) in [6.45, 7) is 9.01. The fraction of sp³-hybridized carbons (Fsp3) is 0.667. The summed E-state index contributed by atoms with van der Waals surface area (Å²) in [5.41, 5.74) is 1.48. The van der Waals surface area contributed by atoms with Gasteiger partial charge in [0.1, 0.15) is 0 Å². The van der Waals surface area contributed by atoms with E-state index in [4.69, 9.17) is 0 Å². The van der Waals surface area contributed by atoms with E-state index in [1.54, 1.807) is 0 Å². The van der Waals surface area contributed by atoms with E-state index < -0.39 is 0 Å². The molecule has 3 heteroatoms. The van der Waals surface area contributed by atoms with E-state index in [0.717, 1.165) is 19.6 Å². The van der Waals surface area contributed by atoms with Gasteiger partial charge in [0, 0.05) is 24.8 Å². The molecule has 0 radical (unpaired) electrons. The molecule has 1 aromatic rings. The predicted molar refractivity (Wildman–Crippen MR) is 75.4 cm³/mol. The van der Waals surface area contributed by atoms with Crippen LogP contribution in [0.5, 0.6) is 0 Å². The topological polar surface area (TPSA) is 28.2 Å². The van der Waals surface area contributed by atoms with Gasteiger partial charge in [-0.05, 0) is 44.5 Å². The van der Waals surface area contributed by atoms with Crippen molar-refractivity contribution in [3.8, 4) is 0 Å². The fourth-order valence-electron chi connectivity index (χ4n) is 2.80. The molecule has 0 spiro atoms. The minimum absolute atomic E-state index is 0.297. The third-order valence-electron chi connectivity index (χ3n) is 4.14. The molecule has 3 nitrogen and oxygen atoms in total. The lowest BCUT2D eigenvalue weighted by atomic mass is 9.92. The van der Waals surface area contributed by atoms with E-state index in [0.29, 0.717) is 5.54 Å². The molecule has 0 saturated carbocycles. The van der Waals surface area contributed by atoms with Crippen molar-refractivity contribution in [2.45, 2.75) is 45.2 Å². The molecule has 1 fully saturated rings. The monoisotopic (exact) mass is 247 g/mol. The zero-order valence-corrected chi connectivity index (χ0v) is 11.7. The number of hydrogen-bond acceptors (Lipinski definition) is 3. The number of rotatable bonds is 4. The van der Waals surface area contributed by atoms with E-state index in [2.05, 4.69) is 41.2 Å². The highest BCUT2D eigenvalue weighted by Crippen LogP contribution is 2.20. The van der Waals surface area contributed by atoms with Crippen LogP contribution in [0.4, 0.5) is 0 Å². The normalized spacial score (nSPS) is 20.6. The molecule has 1 saturated heterocycles. The minimum atomic E-state index is 0.297. The first kappa shape index (κ1) is 13.5. The highest BCUT2D eigenvalue weighted by molar-refractivity contribution is 5.04. The van der Waals surface area contributed by atoms with E-state index >= 15 is 0 Å². The largest absolute Gasteiger partial charge is 0.310 e. The van der Waals surface area contributed by atoms with Crippen LogP contribution in [0.1, 0.15) is 38.8 Å². The summed E-state index contributed by atoms with van der Waals surface area (Å²) in [7, 11) is 0. The van der Waals surface area contributed by atoms with E-state index in [1.807, 2.05) is 12.3 Å². The lowest BCUT2D eigenvalue weighted by Crippen LogP contribution is -2.50. The average Bonchev–Trinajstić information content (AvgIpc) is 2.63. The van der Waals surface area contributed by atoms with Crippen LogP contribution in [0.15, 0.2) is 24.4 Å². The van der Waals surface area contributed by atoms with Crippen molar-refractivity contribution in [1.82, 2.24) is 15.2 Å². The molecule has 2 heterocycles. The molecule has 0 amide bonds. The maximum Gasteiger partial charge on any atom is 0.0543 e. The molecule has 100 valence electrons. The predicted octanol–water partition coefficient (Wildman–Crippen LogP) is 2.44. The van der Waals surface area contributed by atoms with Crippen LogP contribution in [-0.2, 0) is 6.54 Å². The number of nitrogens with zero attached hydrogens (tertiary/aromatic N) is 2. The van der Waals surface area contributed by atoms with E-state index in [1.165, 1.54) is 31.5 Å². The van der Waals surface area contributed by atoms with Crippen LogP contribution >= 0.6 is 0 Å². The van der Waals surface area contributed by atoms with Gasteiger partial charge < -0.3 is 5.32 Å². The van der Waals surface area contributed by atoms with Gasteiger partial charge in [0.2, 0.25) is 0 Å². The van der Waals surface area contributed by atoms with Crippen molar-refractivity contribution in [3.05, 3.63) is 30.1 Å². The van der Waals surface area contributed by atoms with Crippen molar-refractivity contribution < 1.29 is 0 Å². The molecule has 0 atom stereocenters. The molecule has 1 aliphatic heterocycles. The summed E-state index contributed by atoms with van der Waals surface area (Å²) < 4.78 is 0. The molecule has 0 bridgehead atoms. The van der Waals surface area contributed by atoms with Gasteiger partial charge in [0.15, 0.2) is 0 Å². The highest BCUT2D eigenvalue weighted by Gasteiger charge is 2.30. The maximum atomic E-state index is 4.44. The maximum absolute atomic E-state index is 4.44. The first-order valence-corrected chi connectivity index (χ1v) is 7.15. The molecule has 1 aliphatic rings. The smallest absolute Gasteiger partial charge is 0.0543 e. The second-order valence-corrected chi connectivity index (χ2v) is 5.30. The Morgan fingerprint density at radius 3 is 2.83 bits per heavy atom. The lowest BCUT2D eigenvalue weighted by Gasteiger charge is -2.35. The molecule has 0 aromatic carbocycles. The SMILES string of the molecule is CCC1(CC)CN(Cc2ccccn2)CCCN1. The van der Waals surface area contributed by atoms with Gasteiger partial charge in [-0.25, -0.2) is 0 Å². The molecule has 1 N–H and O–H groups in total. The van der Waals surface area contributed by atoms with Crippen molar-refractivity contribution >= 4 is 0 Å². The van der Waals surface area contributed by atoms with Crippen molar-refractivity contribution in [1.29, 1.82) is 0 Å². The summed E-state index contributed by atoms with van der Waals surface area (Å²) in [4.78, 5) is 6.99. The number of pyridine rings is 1. The van der Waals surface area contributed by atoms with Gasteiger partial charge in [-0.2, -0.15) is 0 Å². The van der Waals surface area contributed by atoms with Crippen LogP contribution in [-0.4, -0.2) is 35.1 Å². The molecular formula is C15H25N3. The summed E-state index contributed by atoms with van der Waals surface area (Å²) in [5.74, 6) is 0. The van der Waals surface area contributed by atoms with Gasteiger partial charge in [-0.15, -0.1) is 0 Å². The first-order chi connectivity index (χ1) is 8.78. The number of hydrogen-bond donors (Lipinski definition) is 1. The average molecular weight is 247 g/mol. The lowest BCUT2D eigenvalue weighted by molar-refractivity contribution is 0.189. The van der Waals surface area contributed by atoms with Crippen LogP contribution in [0.2, 0.25) is 0 Å². The molecular weight excluding hydrogens is 222 g/mol. The van der Waals surface area contributed by atoms with Crippen LogP contribution in [0.25, 0.3) is 0 Å². The Morgan fingerprint density at radius 1 is 1.33 bits per heavy atom.